The number of hydrogen-bond donors (Lipinski definition) is 5. The molecule has 11 nitrogen and oxygen atoms in total. The van der Waals surface area contributed by atoms with E-state index >= 15 is 0 Å². The molecule has 39 heavy (non-hydrogen) atoms. The number of β-amino-alcohol motifs (C(OH)–C–C–N with tert-alkyl or cyclic N) is 1. The van der Waals surface area contributed by atoms with Gasteiger partial charge in [-0.3, -0.25) is 19.2 Å². The Morgan fingerprint density at radius 1 is 1.00 bits per heavy atom. The predicted molar refractivity (Wildman–Crippen MR) is 141 cm³/mol. The van der Waals surface area contributed by atoms with Crippen molar-refractivity contribution in [2.75, 3.05) is 13.1 Å². The van der Waals surface area contributed by atoms with E-state index in [1.54, 1.807) is 38.1 Å². The minimum Gasteiger partial charge on any atom is -0.507 e. The van der Waals surface area contributed by atoms with Crippen LogP contribution in [0.4, 0.5) is 0 Å². The summed E-state index contributed by atoms with van der Waals surface area (Å²) in [5.74, 6) is -2.02. The first-order valence-corrected chi connectivity index (χ1v) is 13.0. The van der Waals surface area contributed by atoms with Crippen molar-refractivity contribution in [2.24, 2.45) is 5.92 Å². The summed E-state index contributed by atoms with van der Waals surface area (Å²) >= 11 is 0. The highest BCUT2D eigenvalue weighted by molar-refractivity contribution is 6.00. The molecular formula is C28H34N4O7. The van der Waals surface area contributed by atoms with Crippen molar-refractivity contribution in [1.82, 2.24) is 20.9 Å². The lowest BCUT2D eigenvalue weighted by Gasteiger charge is -2.27. The van der Waals surface area contributed by atoms with Crippen LogP contribution in [0.2, 0.25) is 0 Å². The number of amides is 4. The van der Waals surface area contributed by atoms with E-state index in [4.69, 9.17) is 4.74 Å². The number of nitrogens with one attached hydrogen (secondary N) is 3. The van der Waals surface area contributed by atoms with Crippen molar-refractivity contribution < 1.29 is 34.1 Å². The SMILES string of the molecule is CC(C)[C@@H]1NC(=O)c2cc(ccc2O)Oc2ccc(cc2)C[C@@H](C(=O)N2CC[C@H](O)C2)NC(=O)[C@H](C)NC1=O. The molecule has 5 N–H and O–H groups in total. The monoisotopic (exact) mass is 538 g/mol. The number of rotatable bonds is 2. The molecule has 1 fully saturated rings. The number of likely N-dealkylation sites (tertiary alicyclic amines) is 1. The Labute approximate surface area is 226 Å². The molecule has 3 heterocycles. The molecule has 4 atom stereocenters. The predicted octanol–water partition coefficient (Wildman–Crippen LogP) is 1.08. The van der Waals surface area contributed by atoms with E-state index in [9.17, 15) is 29.4 Å². The third-order valence-electron chi connectivity index (χ3n) is 6.89. The van der Waals surface area contributed by atoms with Crippen molar-refractivity contribution >= 4 is 23.6 Å². The van der Waals surface area contributed by atoms with Crippen molar-refractivity contribution in [2.45, 2.75) is 57.8 Å². The van der Waals surface area contributed by atoms with Gasteiger partial charge in [-0.25, -0.2) is 0 Å². The van der Waals surface area contributed by atoms with Crippen molar-refractivity contribution in [3.63, 3.8) is 0 Å². The molecule has 5 rings (SSSR count). The maximum atomic E-state index is 13.3. The fourth-order valence-corrected chi connectivity index (χ4v) is 4.61. The zero-order chi connectivity index (χ0) is 28.3. The minimum absolute atomic E-state index is 0.0668. The van der Waals surface area contributed by atoms with Crippen LogP contribution in [0.1, 0.15) is 43.1 Å². The van der Waals surface area contributed by atoms with Gasteiger partial charge in [-0.05, 0) is 55.2 Å². The summed E-state index contributed by atoms with van der Waals surface area (Å²) < 4.78 is 5.87. The van der Waals surface area contributed by atoms with Crippen LogP contribution in [-0.2, 0) is 20.8 Å². The van der Waals surface area contributed by atoms with Gasteiger partial charge in [0, 0.05) is 19.5 Å². The molecule has 4 amide bonds. The number of aliphatic hydroxyl groups excluding tert-OH is 1. The number of benzene rings is 2. The van der Waals surface area contributed by atoms with Gasteiger partial charge in [-0.2, -0.15) is 0 Å². The third kappa shape index (κ3) is 6.66. The summed E-state index contributed by atoms with van der Waals surface area (Å²) in [6, 6.07) is 8.21. The van der Waals surface area contributed by atoms with Gasteiger partial charge < -0.3 is 35.8 Å². The standard InChI is InChI=1S/C28H34N4O7/c1-15(2)24-27(37)29-16(3)25(35)30-22(28(38)32-11-10-18(33)14-32)12-17-4-6-19(7-5-17)39-20-8-9-23(34)21(13-20)26(36)31-24/h4-9,13,15-16,18,22,24,33-34H,10-12,14H2,1-3H3,(H,29,37)(H,30,35)(H,31,36)/t16-,18-,22-,24-/m0/s1. The number of aromatic hydroxyl groups is 1. The second-order valence-corrected chi connectivity index (χ2v) is 10.3. The number of aliphatic hydroxyl groups is 1. The Hall–Kier alpha value is -4.12. The number of nitrogens with zero attached hydrogens (tertiary/aromatic N) is 1. The number of phenolic OH excluding ortho intramolecular Hbond substituents is 1. The summed E-state index contributed by atoms with van der Waals surface area (Å²) in [7, 11) is 0. The topological polar surface area (TPSA) is 157 Å². The maximum Gasteiger partial charge on any atom is 0.255 e. The van der Waals surface area contributed by atoms with Crippen LogP contribution in [0.3, 0.4) is 0 Å². The average molecular weight is 539 g/mol. The van der Waals surface area contributed by atoms with Crippen LogP contribution in [-0.4, -0.2) is 76.1 Å². The Morgan fingerprint density at radius 3 is 2.33 bits per heavy atom. The molecule has 3 aliphatic heterocycles. The lowest BCUT2D eigenvalue weighted by molar-refractivity contribution is -0.136. The van der Waals surface area contributed by atoms with Gasteiger partial charge in [0.15, 0.2) is 0 Å². The van der Waals surface area contributed by atoms with Crippen LogP contribution >= 0.6 is 0 Å². The van der Waals surface area contributed by atoms with E-state index in [0.29, 0.717) is 24.5 Å². The summed E-state index contributed by atoms with van der Waals surface area (Å²) in [5.41, 5.74) is 0.687. The molecular weight excluding hydrogens is 504 g/mol. The second kappa shape index (κ2) is 11.7. The summed E-state index contributed by atoms with van der Waals surface area (Å²) in [4.78, 5) is 54.1. The van der Waals surface area contributed by atoms with E-state index in [-0.39, 0.29) is 36.1 Å². The first-order valence-electron chi connectivity index (χ1n) is 13.0. The third-order valence-corrected chi connectivity index (χ3v) is 6.89. The van der Waals surface area contributed by atoms with Gasteiger partial charge in [0.05, 0.1) is 11.7 Å². The molecule has 0 spiro atoms. The van der Waals surface area contributed by atoms with Gasteiger partial charge in [0.2, 0.25) is 17.7 Å². The largest absolute Gasteiger partial charge is 0.507 e. The van der Waals surface area contributed by atoms with Crippen LogP contribution < -0.4 is 20.7 Å². The van der Waals surface area contributed by atoms with Crippen molar-refractivity contribution in [3.05, 3.63) is 53.6 Å². The van der Waals surface area contributed by atoms with Crippen LogP contribution in [0.5, 0.6) is 17.2 Å². The molecule has 0 aliphatic carbocycles. The quantitative estimate of drug-likeness (QED) is 0.358. The van der Waals surface area contributed by atoms with Gasteiger partial charge >= 0.3 is 0 Å². The number of ether oxygens (including phenoxy) is 1. The minimum atomic E-state index is -1.01. The number of phenols is 1. The van der Waals surface area contributed by atoms with Gasteiger partial charge in [0.25, 0.3) is 5.91 Å². The number of fused-ring (bicyclic) bond motifs is 11. The smallest absolute Gasteiger partial charge is 0.255 e. The first kappa shape index (κ1) is 27.9. The Kier molecular flexibility index (Phi) is 8.39. The van der Waals surface area contributed by atoms with E-state index in [2.05, 4.69) is 16.0 Å². The number of hydrogen-bond acceptors (Lipinski definition) is 7. The molecule has 2 aromatic carbocycles. The Bertz CT molecular complexity index is 1250. The number of carbonyl (C=O) groups excluding carboxylic acids is 4. The molecule has 0 unspecified atom stereocenters. The molecule has 11 heteroatoms. The van der Waals surface area contributed by atoms with Gasteiger partial charge in [-0.1, -0.05) is 26.0 Å². The maximum absolute atomic E-state index is 13.3. The fraction of sp³-hybridized carbons (Fsp3) is 0.429. The lowest BCUT2D eigenvalue weighted by atomic mass is 10.0. The molecule has 1 saturated heterocycles. The molecule has 0 saturated carbocycles. The highest BCUT2D eigenvalue weighted by Gasteiger charge is 2.33. The highest BCUT2D eigenvalue weighted by Crippen LogP contribution is 2.28. The van der Waals surface area contributed by atoms with E-state index in [0.717, 1.165) is 5.56 Å². The first-order chi connectivity index (χ1) is 18.5. The average Bonchev–Trinajstić information content (AvgIpc) is 3.33. The molecule has 0 radical (unpaired) electrons. The van der Waals surface area contributed by atoms with E-state index < -0.39 is 42.0 Å². The van der Waals surface area contributed by atoms with Gasteiger partial charge in [0.1, 0.15) is 35.4 Å². The molecule has 2 aromatic rings. The summed E-state index contributed by atoms with van der Waals surface area (Å²) in [6.45, 7) is 5.55. The van der Waals surface area contributed by atoms with Crippen molar-refractivity contribution in [1.29, 1.82) is 0 Å². The second-order valence-electron chi connectivity index (χ2n) is 10.3. The highest BCUT2D eigenvalue weighted by atomic mass is 16.5. The van der Waals surface area contributed by atoms with Crippen LogP contribution in [0.25, 0.3) is 0 Å². The molecule has 208 valence electrons. The molecule has 4 bridgehead atoms. The van der Waals surface area contributed by atoms with Crippen molar-refractivity contribution in [3.8, 4) is 17.2 Å². The van der Waals surface area contributed by atoms with E-state index in [1.165, 1.54) is 30.0 Å². The lowest BCUT2D eigenvalue weighted by Crippen LogP contribution is -2.57. The number of carbonyl (C=O) groups is 4. The zero-order valence-electron chi connectivity index (χ0n) is 22.1. The van der Waals surface area contributed by atoms with E-state index in [1.807, 2.05) is 0 Å². The molecule has 0 aromatic heterocycles. The van der Waals surface area contributed by atoms with Crippen LogP contribution in [0.15, 0.2) is 42.5 Å². The Balaban J connectivity index is 1.68. The van der Waals surface area contributed by atoms with Gasteiger partial charge in [-0.15, -0.1) is 0 Å². The molecule has 3 aliphatic rings. The summed E-state index contributed by atoms with van der Waals surface area (Å²) in [5, 5.41) is 28.2. The van der Waals surface area contributed by atoms with Crippen LogP contribution in [0, 0.1) is 5.92 Å². The normalized spacial score (nSPS) is 24.3. The summed E-state index contributed by atoms with van der Waals surface area (Å²) in [6.07, 6.45) is 0.0420. The fourth-order valence-electron chi connectivity index (χ4n) is 4.61. The zero-order valence-corrected chi connectivity index (χ0v) is 22.1. The Morgan fingerprint density at radius 2 is 1.69 bits per heavy atom.